The quantitative estimate of drug-likeness (QED) is 0.891. The van der Waals surface area contributed by atoms with Gasteiger partial charge in [-0.2, -0.15) is 0 Å². The number of morpholine rings is 1. The van der Waals surface area contributed by atoms with Crippen molar-refractivity contribution in [2.45, 2.75) is 26.1 Å². The number of hydrogen-bond donors (Lipinski definition) is 1. The van der Waals surface area contributed by atoms with Crippen molar-refractivity contribution in [2.75, 3.05) is 13.1 Å². The van der Waals surface area contributed by atoms with E-state index in [0.29, 0.717) is 12.1 Å². The van der Waals surface area contributed by atoms with E-state index in [-0.39, 0.29) is 24.1 Å². The number of carbonyl (C=O) groups is 2. The van der Waals surface area contributed by atoms with Gasteiger partial charge in [-0.05, 0) is 31.5 Å². The number of rotatable bonds is 2. The van der Waals surface area contributed by atoms with Crippen molar-refractivity contribution >= 4 is 11.9 Å². The molecule has 0 saturated carbocycles. The van der Waals surface area contributed by atoms with Crippen LogP contribution < -0.4 is 0 Å². The summed E-state index contributed by atoms with van der Waals surface area (Å²) in [5.74, 6) is -1.97. The molecule has 108 valence electrons. The highest BCUT2D eigenvalue weighted by Gasteiger charge is 2.33. The number of carbonyl (C=O) groups excluding carboxylic acids is 1. The van der Waals surface area contributed by atoms with Gasteiger partial charge in [-0.25, -0.2) is 9.18 Å². The van der Waals surface area contributed by atoms with Gasteiger partial charge in [-0.3, -0.25) is 4.79 Å². The third-order valence-electron chi connectivity index (χ3n) is 3.25. The Kier molecular flexibility index (Phi) is 4.04. The maximum atomic E-state index is 13.3. The summed E-state index contributed by atoms with van der Waals surface area (Å²) in [4.78, 5) is 24.8. The van der Waals surface area contributed by atoms with Crippen LogP contribution in [0.1, 0.15) is 22.8 Å². The smallest absolute Gasteiger partial charge is 0.334 e. The van der Waals surface area contributed by atoms with Crippen LogP contribution in [0, 0.1) is 12.7 Å². The molecule has 1 N–H and O–H groups in total. The molecular weight excluding hydrogens is 265 g/mol. The number of hydrogen-bond acceptors (Lipinski definition) is 3. The first-order valence-electron chi connectivity index (χ1n) is 6.32. The Morgan fingerprint density at radius 3 is 2.75 bits per heavy atom. The van der Waals surface area contributed by atoms with Crippen LogP contribution in [-0.4, -0.2) is 47.2 Å². The average molecular weight is 281 g/mol. The molecule has 2 atom stereocenters. The molecule has 0 bridgehead atoms. The maximum absolute atomic E-state index is 13.3. The van der Waals surface area contributed by atoms with E-state index in [0.717, 1.165) is 0 Å². The molecule has 0 spiro atoms. The lowest BCUT2D eigenvalue weighted by Gasteiger charge is -2.35. The van der Waals surface area contributed by atoms with Crippen LogP contribution in [-0.2, 0) is 9.53 Å². The fraction of sp³-hybridized carbons (Fsp3) is 0.429. The molecule has 1 aliphatic heterocycles. The zero-order chi connectivity index (χ0) is 14.9. The van der Waals surface area contributed by atoms with Crippen molar-refractivity contribution < 1.29 is 23.8 Å². The van der Waals surface area contributed by atoms with E-state index in [1.165, 1.54) is 23.1 Å². The molecule has 6 heteroatoms. The topological polar surface area (TPSA) is 66.8 Å². The van der Waals surface area contributed by atoms with E-state index < -0.39 is 17.9 Å². The van der Waals surface area contributed by atoms with Gasteiger partial charge in [-0.1, -0.05) is 6.07 Å². The Morgan fingerprint density at radius 2 is 2.10 bits per heavy atom. The monoisotopic (exact) mass is 281 g/mol. The van der Waals surface area contributed by atoms with E-state index in [1.54, 1.807) is 13.8 Å². The first kappa shape index (κ1) is 14.5. The molecule has 1 aromatic carbocycles. The molecule has 0 aliphatic carbocycles. The van der Waals surface area contributed by atoms with Gasteiger partial charge in [0.2, 0.25) is 0 Å². The SMILES string of the molecule is Cc1ccc(F)cc1C(=O)N1CC(C(=O)O)O[C@H](C)C1. The third kappa shape index (κ3) is 2.96. The first-order chi connectivity index (χ1) is 9.38. The van der Waals surface area contributed by atoms with Crippen LogP contribution >= 0.6 is 0 Å². The molecule has 1 aliphatic rings. The normalized spacial score (nSPS) is 22.6. The predicted octanol–water partition coefficient (Wildman–Crippen LogP) is 1.45. The summed E-state index contributed by atoms with van der Waals surface area (Å²) in [6, 6.07) is 3.99. The predicted molar refractivity (Wildman–Crippen MR) is 69.0 cm³/mol. The van der Waals surface area contributed by atoms with Crippen LogP contribution in [0.2, 0.25) is 0 Å². The minimum atomic E-state index is -1.11. The van der Waals surface area contributed by atoms with Crippen LogP contribution in [0.3, 0.4) is 0 Å². The van der Waals surface area contributed by atoms with E-state index in [4.69, 9.17) is 9.84 Å². The van der Waals surface area contributed by atoms with Crippen molar-refractivity contribution in [2.24, 2.45) is 0 Å². The molecule has 1 amide bonds. The molecule has 1 aromatic rings. The van der Waals surface area contributed by atoms with Crippen LogP contribution in [0.15, 0.2) is 18.2 Å². The van der Waals surface area contributed by atoms with Crippen LogP contribution in [0.4, 0.5) is 4.39 Å². The zero-order valence-electron chi connectivity index (χ0n) is 11.3. The van der Waals surface area contributed by atoms with Gasteiger partial charge < -0.3 is 14.7 Å². The highest BCUT2D eigenvalue weighted by Crippen LogP contribution is 2.18. The number of aliphatic carboxylic acids is 1. The lowest BCUT2D eigenvalue weighted by molar-refractivity contribution is -0.160. The Hall–Kier alpha value is -1.95. The molecule has 0 aromatic heterocycles. The molecule has 1 saturated heterocycles. The lowest BCUT2D eigenvalue weighted by Crippen LogP contribution is -2.51. The molecule has 2 rings (SSSR count). The number of carboxylic acid groups (broad SMARTS) is 1. The second-order valence-electron chi connectivity index (χ2n) is 4.94. The first-order valence-corrected chi connectivity index (χ1v) is 6.32. The van der Waals surface area contributed by atoms with Gasteiger partial charge in [0.1, 0.15) is 5.82 Å². The summed E-state index contributed by atoms with van der Waals surface area (Å²) in [5.41, 5.74) is 0.908. The summed E-state index contributed by atoms with van der Waals surface area (Å²) >= 11 is 0. The van der Waals surface area contributed by atoms with Crippen LogP contribution in [0.25, 0.3) is 0 Å². The van der Waals surface area contributed by atoms with Crippen molar-refractivity contribution in [3.05, 3.63) is 35.1 Å². The van der Waals surface area contributed by atoms with Gasteiger partial charge >= 0.3 is 5.97 Å². The number of halogens is 1. The fourth-order valence-electron chi connectivity index (χ4n) is 2.25. The fourth-order valence-corrected chi connectivity index (χ4v) is 2.25. The van der Waals surface area contributed by atoms with E-state index in [1.807, 2.05) is 0 Å². The number of aryl methyl sites for hydroxylation is 1. The number of amides is 1. The standard InChI is InChI=1S/C14H16FNO4/c1-8-3-4-10(15)5-11(8)13(17)16-6-9(2)20-12(7-16)14(18)19/h3-5,9,12H,6-7H2,1-2H3,(H,18,19)/t9-,12?/m1/s1. The molecule has 1 fully saturated rings. The van der Waals surface area contributed by atoms with Crippen molar-refractivity contribution in [3.8, 4) is 0 Å². The van der Waals surface area contributed by atoms with Gasteiger partial charge in [-0.15, -0.1) is 0 Å². The Balaban J connectivity index is 2.23. The van der Waals surface area contributed by atoms with Crippen molar-refractivity contribution in [1.82, 2.24) is 4.90 Å². The summed E-state index contributed by atoms with van der Waals surface area (Å²) in [6.45, 7) is 3.67. The highest BCUT2D eigenvalue weighted by molar-refractivity contribution is 5.96. The third-order valence-corrected chi connectivity index (χ3v) is 3.25. The summed E-state index contributed by atoms with van der Waals surface area (Å²) in [6.07, 6.45) is -1.42. The van der Waals surface area contributed by atoms with E-state index >= 15 is 0 Å². The summed E-state index contributed by atoms with van der Waals surface area (Å²) < 4.78 is 18.5. The van der Waals surface area contributed by atoms with E-state index in [9.17, 15) is 14.0 Å². The molecule has 20 heavy (non-hydrogen) atoms. The van der Waals surface area contributed by atoms with Crippen LogP contribution in [0.5, 0.6) is 0 Å². The second-order valence-corrected chi connectivity index (χ2v) is 4.94. The van der Waals surface area contributed by atoms with Crippen molar-refractivity contribution in [1.29, 1.82) is 0 Å². The molecule has 1 unspecified atom stereocenters. The van der Waals surface area contributed by atoms with E-state index in [2.05, 4.69) is 0 Å². The Labute approximate surface area is 116 Å². The van der Waals surface area contributed by atoms with Gasteiger partial charge in [0.15, 0.2) is 6.10 Å². The Morgan fingerprint density at radius 1 is 1.40 bits per heavy atom. The average Bonchev–Trinajstić information content (AvgIpc) is 2.40. The summed E-state index contributed by atoms with van der Waals surface area (Å²) in [5, 5.41) is 9.00. The molecular formula is C14H16FNO4. The Bertz CT molecular complexity index is 546. The highest BCUT2D eigenvalue weighted by atomic mass is 19.1. The maximum Gasteiger partial charge on any atom is 0.334 e. The van der Waals surface area contributed by atoms with Crippen molar-refractivity contribution in [3.63, 3.8) is 0 Å². The number of nitrogens with zero attached hydrogens (tertiary/aromatic N) is 1. The summed E-state index contributed by atoms with van der Waals surface area (Å²) in [7, 11) is 0. The van der Waals surface area contributed by atoms with Gasteiger partial charge in [0.05, 0.1) is 12.6 Å². The number of ether oxygens (including phenoxy) is 1. The minimum absolute atomic E-state index is 0.0333. The second kappa shape index (κ2) is 5.58. The molecule has 1 heterocycles. The van der Waals surface area contributed by atoms with Gasteiger partial charge in [0.25, 0.3) is 5.91 Å². The minimum Gasteiger partial charge on any atom is -0.479 e. The zero-order valence-corrected chi connectivity index (χ0v) is 11.3. The largest absolute Gasteiger partial charge is 0.479 e. The van der Waals surface area contributed by atoms with Gasteiger partial charge in [0, 0.05) is 12.1 Å². The molecule has 0 radical (unpaired) electrons. The lowest BCUT2D eigenvalue weighted by atomic mass is 10.1. The number of carboxylic acids is 1. The molecule has 5 nitrogen and oxygen atoms in total. The number of benzene rings is 1.